The van der Waals surface area contributed by atoms with E-state index in [1.165, 1.54) is 6.07 Å². The van der Waals surface area contributed by atoms with Crippen molar-refractivity contribution in [1.82, 2.24) is 20.5 Å². The second kappa shape index (κ2) is 13.1. The molecule has 1 fully saturated rings. The topological polar surface area (TPSA) is 55.8 Å². The smallest absolute Gasteiger partial charge is 0.191 e. The van der Waals surface area contributed by atoms with E-state index in [0.29, 0.717) is 5.82 Å². The molecule has 1 unspecified atom stereocenters. The number of nitrogens with zero attached hydrogens (tertiary/aromatic N) is 4. The maximum atomic E-state index is 13.9. The van der Waals surface area contributed by atoms with Crippen LogP contribution in [0.3, 0.4) is 0 Å². The van der Waals surface area contributed by atoms with Crippen molar-refractivity contribution in [2.45, 2.75) is 39.7 Å². The quantitative estimate of drug-likeness (QED) is 0.316. The lowest BCUT2D eigenvalue weighted by molar-refractivity contribution is 0.297. The predicted octanol–water partition coefficient (Wildman–Crippen LogP) is 2.70. The summed E-state index contributed by atoms with van der Waals surface area (Å²) in [5.41, 5.74) is 0. The number of hydrogen-bond acceptors (Lipinski definition) is 4. The van der Waals surface area contributed by atoms with Gasteiger partial charge in [0.15, 0.2) is 17.6 Å². The predicted molar refractivity (Wildman–Crippen MR) is 122 cm³/mol. The van der Waals surface area contributed by atoms with E-state index in [1.54, 1.807) is 12.3 Å². The minimum atomic E-state index is -0.260. The number of aromatic nitrogens is 1. The first-order chi connectivity index (χ1) is 12.7. The molecule has 1 aromatic heterocycles. The van der Waals surface area contributed by atoms with Gasteiger partial charge in [0.25, 0.3) is 0 Å². The van der Waals surface area contributed by atoms with E-state index in [-0.39, 0.29) is 35.8 Å². The van der Waals surface area contributed by atoms with Gasteiger partial charge in [-0.2, -0.15) is 0 Å². The van der Waals surface area contributed by atoms with E-state index in [4.69, 9.17) is 4.99 Å². The van der Waals surface area contributed by atoms with Crippen LogP contribution in [0.15, 0.2) is 23.3 Å². The zero-order chi connectivity index (χ0) is 18.8. The lowest BCUT2D eigenvalue weighted by Gasteiger charge is -2.21. The number of nitrogens with one attached hydrogen (secondary N) is 2. The highest BCUT2D eigenvalue weighted by molar-refractivity contribution is 14.0. The lowest BCUT2D eigenvalue weighted by Crippen LogP contribution is -2.45. The van der Waals surface area contributed by atoms with Gasteiger partial charge in [0.2, 0.25) is 0 Å². The number of pyridine rings is 1. The summed E-state index contributed by atoms with van der Waals surface area (Å²) in [6.45, 7) is 12.7. The van der Waals surface area contributed by atoms with Crippen molar-refractivity contribution in [3.8, 4) is 0 Å². The molecule has 1 aliphatic heterocycles. The third kappa shape index (κ3) is 7.77. The van der Waals surface area contributed by atoms with Crippen LogP contribution in [0.2, 0.25) is 0 Å². The summed E-state index contributed by atoms with van der Waals surface area (Å²) in [7, 11) is 0. The van der Waals surface area contributed by atoms with E-state index in [2.05, 4.69) is 41.3 Å². The van der Waals surface area contributed by atoms with E-state index >= 15 is 0 Å². The number of halogens is 2. The third-order valence-corrected chi connectivity index (χ3v) is 4.59. The van der Waals surface area contributed by atoms with Crippen LogP contribution in [0.25, 0.3) is 0 Å². The Hall–Kier alpha value is -1.16. The van der Waals surface area contributed by atoms with Crippen LogP contribution in [0, 0.1) is 5.82 Å². The van der Waals surface area contributed by atoms with Gasteiger partial charge in [0, 0.05) is 38.4 Å². The summed E-state index contributed by atoms with van der Waals surface area (Å²) in [6, 6.07) is 3.33. The molecule has 0 radical (unpaired) electrons. The van der Waals surface area contributed by atoms with Crippen LogP contribution >= 0.6 is 24.0 Å². The van der Waals surface area contributed by atoms with Crippen molar-refractivity contribution >= 4 is 35.8 Å². The summed E-state index contributed by atoms with van der Waals surface area (Å²) in [4.78, 5) is 13.3. The molecule has 0 spiro atoms. The van der Waals surface area contributed by atoms with Gasteiger partial charge < -0.3 is 20.4 Å². The number of anilines is 1. The Morgan fingerprint density at radius 1 is 1.37 bits per heavy atom. The monoisotopic (exact) mass is 492 g/mol. The first kappa shape index (κ1) is 23.9. The van der Waals surface area contributed by atoms with Crippen LogP contribution in [-0.2, 0) is 0 Å². The fraction of sp³-hybridized carbons (Fsp3) is 0.684. The van der Waals surface area contributed by atoms with Crippen molar-refractivity contribution in [2.24, 2.45) is 4.99 Å². The highest BCUT2D eigenvalue weighted by Gasteiger charge is 2.25. The van der Waals surface area contributed by atoms with Crippen LogP contribution < -0.4 is 15.5 Å². The van der Waals surface area contributed by atoms with Crippen molar-refractivity contribution < 1.29 is 4.39 Å². The molecular weight excluding hydrogens is 458 g/mol. The number of aliphatic imine (C=N–C) groups is 1. The fourth-order valence-corrected chi connectivity index (χ4v) is 3.24. The Kier molecular flexibility index (Phi) is 11.6. The second-order valence-electron chi connectivity index (χ2n) is 6.58. The summed E-state index contributed by atoms with van der Waals surface area (Å²) in [5.74, 6) is 1.02. The highest BCUT2D eigenvalue weighted by atomic mass is 127. The summed E-state index contributed by atoms with van der Waals surface area (Å²) < 4.78 is 13.9. The Morgan fingerprint density at radius 3 is 2.85 bits per heavy atom. The molecule has 1 saturated heterocycles. The summed E-state index contributed by atoms with van der Waals surface area (Å²) >= 11 is 0. The molecule has 27 heavy (non-hydrogen) atoms. The molecule has 1 aliphatic rings. The van der Waals surface area contributed by atoms with Crippen LogP contribution in [0.1, 0.15) is 33.6 Å². The van der Waals surface area contributed by atoms with E-state index in [1.807, 2.05) is 4.90 Å². The van der Waals surface area contributed by atoms with Gasteiger partial charge in [0.05, 0.1) is 6.54 Å². The average molecular weight is 492 g/mol. The minimum Gasteiger partial charge on any atom is -0.357 e. The Bertz CT molecular complexity index is 571. The van der Waals surface area contributed by atoms with Crippen LogP contribution in [0.4, 0.5) is 10.2 Å². The van der Waals surface area contributed by atoms with Gasteiger partial charge in [-0.25, -0.2) is 9.37 Å². The van der Waals surface area contributed by atoms with Crippen LogP contribution in [0.5, 0.6) is 0 Å². The zero-order valence-corrected chi connectivity index (χ0v) is 19.1. The third-order valence-electron chi connectivity index (χ3n) is 4.59. The first-order valence-electron chi connectivity index (χ1n) is 9.80. The standard InChI is InChI=1S/C19H33FN6.HI/c1-4-12-25(6-3)14-11-23-19(21-5-2)24-16-9-13-26(15-16)18-17(20)8-7-10-22-18;/h7-8,10,16H,4-6,9,11-15H2,1-3H3,(H2,21,23,24);1H. The maximum absolute atomic E-state index is 13.9. The molecule has 0 bridgehead atoms. The number of likely N-dealkylation sites (N-methyl/N-ethyl adjacent to an activating group) is 1. The molecule has 8 heteroatoms. The first-order valence-corrected chi connectivity index (χ1v) is 9.80. The molecule has 0 aliphatic carbocycles. The minimum absolute atomic E-state index is 0. The SMILES string of the molecule is CCCN(CC)CCN=C(NCC)NC1CCN(c2ncccc2F)C1.I. The van der Waals surface area contributed by atoms with Crippen molar-refractivity contribution in [1.29, 1.82) is 0 Å². The van der Waals surface area contributed by atoms with Gasteiger partial charge in [-0.3, -0.25) is 4.99 Å². The second-order valence-corrected chi connectivity index (χ2v) is 6.58. The maximum Gasteiger partial charge on any atom is 0.191 e. The van der Waals surface area contributed by atoms with Gasteiger partial charge in [0.1, 0.15) is 0 Å². The Balaban J connectivity index is 0.00000364. The van der Waals surface area contributed by atoms with E-state index in [9.17, 15) is 4.39 Å². The molecule has 2 N–H and O–H groups in total. The Labute approximate surface area is 180 Å². The normalized spacial score (nSPS) is 17.1. The molecule has 1 aromatic rings. The Morgan fingerprint density at radius 2 is 2.19 bits per heavy atom. The largest absolute Gasteiger partial charge is 0.357 e. The molecule has 2 heterocycles. The molecule has 0 saturated carbocycles. The van der Waals surface area contributed by atoms with E-state index in [0.717, 1.165) is 64.6 Å². The average Bonchev–Trinajstić information content (AvgIpc) is 3.09. The highest BCUT2D eigenvalue weighted by Crippen LogP contribution is 2.20. The molecular formula is C19H34FIN6. The molecule has 0 aromatic carbocycles. The van der Waals surface area contributed by atoms with Crippen molar-refractivity contribution in [3.05, 3.63) is 24.1 Å². The van der Waals surface area contributed by atoms with Gasteiger partial charge in [-0.15, -0.1) is 24.0 Å². The summed E-state index contributed by atoms with van der Waals surface area (Å²) in [5, 5.41) is 6.80. The number of guanidine groups is 1. The molecule has 1 atom stereocenters. The number of rotatable bonds is 9. The zero-order valence-electron chi connectivity index (χ0n) is 16.7. The van der Waals surface area contributed by atoms with E-state index < -0.39 is 0 Å². The van der Waals surface area contributed by atoms with Gasteiger partial charge >= 0.3 is 0 Å². The van der Waals surface area contributed by atoms with Crippen LogP contribution in [-0.4, -0.2) is 67.7 Å². The summed E-state index contributed by atoms with van der Waals surface area (Å²) in [6.07, 6.45) is 3.75. The number of hydrogen-bond donors (Lipinski definition) is 2. The molecule has 0 amide bonds. The van der Waals surface area contributed by atoms with Crippen molar-refractivity contribution in [3.63, 3.8) is 0 Å². The molecule has 2 rings (SSSR count). The lowest BCUT2D eigenvalue weighted by atomic mass is 10.3. The van der Waals surface area contributed by atoms with Crippen molar-refractivity contribution in [2.75, 3.05) is 50.7 Å². The van der Waals surface area contributed by atoms with Gasteiger partial charge in [-0.1, -0.05) is 13.8 Å². The molecule has 154 valence electrons. The molecule has 6 nitrogen and oxygen atoms in total. The van der Waals surface area contributed by atoms with Gasteiger partial charge in [-0.05, 0) is 45.0 Å². The fourth-order valence-electron chi connectivity index (χ4n) is 3.24.